The van der Waals surface area contributed by atoms with E-state index in [2.05, 4.69) is 5.32 Å². The Labute approximate surface area is 88.5 Å². The van der Waals surface area contributed by atoms with Crippen molar-refractivity contribution in [2.45, 2.75) is 19.3 Å². The van der Waals surface area contributed by atoms with Gasteiger partial charge in [0, 0.05) is 18.0 Å². The van der Waals surface area contributed by atoms with Gasteiger partial charge in [-0.05, 0) is 19.9 Å². The first-order valence-corrected chi connectivity index (χ1v) is 5.26. The van der Waals surface area contributed by atoms with Crippen molar-refractivity contribution in [1.82, 2.24) is 5.32 Å². The zero-order chi connectivity index (χ0) is 10.9. The van der Waals surface area contributed by atoms with E-state index in [4.69, 9.17) is 0 Å². The minimum absolute atomic E-state index is 0.141. The zero-order valence-corrected chi connectivity index (χ0v) is 8.76. The van der Waals surface area contributed by atoms with Crippen molar-refractivity contribution < 1.29 is 8.78 Å². The number of benzene rings is 1. The minimum atomic E-state index is -2.70. The van der Waals surface area contributed by atoms with Crippen molar-refractivity contribution in [2.24, 2.45) is 5.92 Å². The van der Waals surface area contributed by atoms with Crippen LogP contribution in [0.5, 0.6) is 0 Å². The molecule has 1 aromatic carbocycles. The maximum absolute atomic E-state index is 14.0. The number of halogens is 2. The summed E-state index contributed by atoms with van der Waals surface area (Å²) < 4.78 is 27.9. The highest BCUT2D eigenvalue weighted by Gasteiger charge is 2.42. The molecule has 1 nitrogen and oxygen atoms in total. The van der Waals surface area contributed by atoms with Crippen LogP contribution in [0.2, 0.25) is 0 Å². The summed E-state index contributed by atoms with van der Waals surface area (Å²) in [6.07, 6.45) is 0.556. The van der Waals surface area contributed by atoms with E-state index in [0.29, 0.717) is 19.5 Å². The molecule has 0 aliphatic carbocycles. The molecule has 1 unspecified atom stereocenters. The predicted molar refractivity (Wildman–Crippen MR) is 56.0 cm³/mol. The highest BCUT2D eigenvalue weighted by Crippen LogP contribution is 2.38. The molecular formula is C12H15F2N. The van der Waals surface area contributed by atoms with Crippen LogP contribution in [-0.4, -0.2) is 13.1 Å². The summed E-state index contributed by atoms with van der Waals surface area (Å²) >= 11 is 0. The molecule has 1 fully saturated rings. The second-order valence-corrected chi connectivity index (χ2v) is 4.18. The number of alkyl halides is 2. The van der Waals surface area contributed by atoms with Crippen molar-refractivity contribution in [3.8, 4) is 0 Å². The molecule has 82 valence electrons. The average Bonchev–Trinajstić information content (AvgIpc) is 2.71. The lowest BCUT2D eigenvalue weighted by Crippen LogP contribution is -2.27. The minimum Gasteiger partial charge on any atom is -0.316 e. The van der Waals surface area contributed by atoms with Crippen LogP contribution in [0.25, 0.3) is 0 Å². The van der Waals surface area contributed by atoms with Gasteiger partial charge in [0.15, 0.2) is 0 Å². The second-order valence-electron chi connectivity index (χ2n) is 4.18. The van der Waals surface area contributed by atoms with Gasteiger partial charge in [-0.2, -0.15) is 0 Å². The van der Waals surface area contributed by atoms with Crippen LogP contribution in [0.15, 0.2) is 24.3 Å². The molecule has 1 aromatic rings. The second kappa shape index (κ2) is 3.89. The molecule has 1 heterocycles. The quantitative estimate of drug-likeness (QED) is 0.793. The molecular weight excluding hydrogens is 196 g/mol. The first-order chi connectivity index (χ1) is 7.10. The van der Waals surface area contributed by atoms with Gasteiger partial charge in [-0.15, -0.1) is 0 Å². The number of hydrogen-bond donors (Lipinski definition) is 1. The van der Waals surface area contributed by atoms with Gasteiger partial charge in [-0.1, -0.05) is 29.8 Å². The maximum Gasteiger partial charge on any atom is 0.277 e. The number of nitrogens with one attached hydrogen (secondary N) is 1. The van der Waals surface area contributed by atoms with Crippen LogP contribution >= 0.6 is 0 Å². The molecule has 0 amide bonds. The van der Waals surface area contributed by atoms with E-state index in [1.54, 1.807) is 12.1 Å². The Kier molecular flexibility index (Phi) is 2.74. The summed E-state index contributed by atoms with van der Waals surface area (Å²) in [6, 6.07) is 6.55. The van der Waals surface area contributed by atoms with Crippen LogP contribution in [0.4, 0.5) is 8.78 Å². The SMILES string of the molecule is Cc1ccc(C(F)(F)C2CCNC2)cc1. The molecule has 2 rings (SSSR count). The van der Waals surface area contributed by atoms with E-state index >= 15 is 0 Å². The zero-order valence-electron chi connectivity index (χ0n) is 8.76. The smallest absolute Gasteiger partial charge is 0.277 e. The van der Waals surface area contributed by atoms with Crippen molar-refractivity contribution in [2.75, 3.05) is 13.1 Å². The normalized spacial score (nSPS) is 21.9. The Hall–Kier alpha value is -0.960. The van der Waals surface area contributed by atoms with E-state index in [0.717, 1.165) is 5.56 Å². The third-order valence-corrected chi connectivity index (χ3v) is 3.01. The largest absolute Gasteiger partial charge is 0.316 e. The monoisotopic (exact) mass is 211 g/mol. The molecule has 1 aliphatic rings. The Balaban J connectivity index is 2.23. The van der Waals surface area contributed by atoms with Gasteiger partial charge in [0.2, 0.25) is 0 Å². The van der Waals surface area contributed by atoms with E-state index in [1.807, 2.05) is 6.92 Å². The molecule has 0 bridgehead atoms. The molecule has 1 aliphatic heterocycles. The van der Waals surface area contributed by atoms with E-state index in [-0.39, 0.29) is 5.56 Å². The van der Waals surface area contributed by atoms with Crippen LogP contribution in [-0.2, 0) is 5.92 Å². The summed E-state index contributed by atoms with van der Waals surface area (Å²) in [7, 11) is 0. The Morgan fingerprint density at radius 3 is 2.47 bits per heavy atom. The number of rotatable bonds is 2. The lowest BCUT2D eigenvalue weighted by molar-refractivity contribution is -0.0575. The van der Waals surface area contributed by atoms with E-state index in [9.17, 15) is 8.78 Å². The fourth-order valence-electron chi connectivity index (χ4n) is 1.98. The van der Waals surface area contributed by atoms with E-state index in [1.165, 1.54) is 12.1 Å². The van der Waals surface area contributed by atoms with Gasteiger partial charge in [0.1, 0.15) is 0 Å². The topological polar surface area (TPSA) is 12.0 Å². The molecule has 3 heteroatoms. The van der Waals surface area contributed by atoms with Gasteiger partial charge in [0.25, 0.3) is 5.92 Å². The molecule has 0 aromatic heterocycles. The first-order valence-electron chi connectivity index (χ1n) is 5.26. The predicted octanol–water partition coefficient (Wildman–Crippen LogP) is 2.70. The molecule has 1 atom stereocenters. The Bertz CT molecular complexity index is 326. The molecule has 0 spiro atoms. The highest BCUT2D eigenvalue weighted by atomic mass is 19.3. The van der Waals surface area contributed by atoms with Gasteiger partial charge in [-0.25, -0.2) is 8.78 Å². The number of hydrogen-bond acceptors (Lipinski definition) is 1. The fraction of sp³-hybridized carbons (Fsp3) is 0.500. The average molecular weight is 211 g/mol. The summed E-state index contributed by atoms with van der Waals surface area (Å²) in [5, 5.41) is 2.98. The summed E-state index contributed by atoms with van der Waals surface area (Å²) in [5.74, 6) is -3.25. The van der Waals surface area contributed by atoms with Crippen molar-refractivity contribution in [3.63, 3.8) is 0 Å². The highest BCUT2D eigenvalue weighted by molar-refractivity contribution is 5.25. The molecule has 0 radical (unpaired) electrons. The Morgan fingerprint density at radius 2 is 1.93 bits per heavy atom. The van der Waals surface area contributed by atoms with Crippen LogP contribution in [0, 0.1) is 12.8 Å². The van der Waals surface area contributed by atoms with Crippen LogP contribution < -0.4 is 5.32 Å². The van der Waals surface area contributed by atoms with Gasteiger partial charge >= 0.3 is 0 Å². The lowest BCUT2D eigenvalue weighted by atomic mass is 9.93. The summed E-state index contributed by atoms with van der Waals surface area (Å²) in [5.41, 5.74) is 1.15. The Morgan fingerprint density at radius 1 is 1.27 bits per heavy atom. The van der Waals surface area contributed by atoms with Crippen LogP contribution in [0.1, 0.15) is 17.5 Å². The molecule has 0 saturated carbocycles. The van der Waals surface area contributed by atoms with Gasteiger partial charge in [-0.3, -0.25) is 0 Å². The summed E-state index contributed by atoms with van der Waals surface area (Å²) in [4.78, 5) is 0. The lowest BCUT2D eigenvalue weighted by Gasteiger charge is -2.22. The van der Waals surface area contributed by atoms with Crippen molar-refractivity contribution in [1.29, 1.82) is 0 Å². The van der Waals surface area contributed by atoms with Crippen LogP contribution in [0.3, 0.4) is 0 Å². The third-order valence-electron chi connectivity index (χ3n) is 3.01. The standard InChI is InChI=1S/C12H15F2N/c1-9-2-4-10(5-3-9)12(13,14)11-6-7-15-8-11/h2-5,11,15H,6-8H2,1H3. The fourth-order valence-corrected chi connectivity index (χ4v) is 1.98. The maximum atomic E-state index is 14.0. The molecule has 1 N–H and O–H groups in total. The number of aryl methyl sites for hydroxylation is 1. The van der Waals surface area contributed by atoms with Crippen molar-refractivity contribution >= 4 is 0 Å². The van der Waals surface area contributed by atoms with E-state index < -0.39 is 11.8 Å². The molecule has 15 heavy (non-hydrogen) atoms. The summed E-state index contributed by atoms with van der Waals surface area (Å²) in [6.45, 7) is 3.02. The van der Waals surface area contributed by atoms with Crippen molar-refractivity contribution in [3.05, 3.63) is 35.4 Å². The van der Waals surface area contributed by atoms with Gasteiger partial charge < -0.3 is 5.32 Å². The van der Waals surface area contributed by atoms with Gasteiger partial charge in [0.05, 0.1) is 0 Å². The molecule has 1 saturated heterocycles. The third kappa shape index (κ3) is 2.02. The first kappa shape index (κ1) is 10.6.